The molecule has 1 heterocycles. The van der Waals surface area contributed by atoms with Gasteiger partial charge in [-0.3, -0.25) is 9.69 Å². The van der Waals surface area contributed by atoms with Crippen LogP contribution in [0.2, 0.25) is 0 Å². The largest absolute Gasteiger partial charge is 0.369 e. The van der Waals surface area contributed by atoms with Crippen LogP contribution in [0.1, 0.15) is 33.6 Å². The normalized spacial score (nSPS) is 27.4. The number of carbonyl (C=O) groups is 1. The van der Waals surface area contributed by atoms with Crippen molar-refractivity contribution in [1.82, 2.24) is 4.90 Å². The van der Waals surface area contributed by atoms with E-state index in [0.717, 1.165) is 25.9 Å². The molecule has 1 saturated heterocycles. The number of nitrogens with two attached hydrogens (primary N) is 1. The fourth-order valence-corrected chi connectivity index (χ4v) is 1.97. The van der Waals surface area contributed by atoms with E-state index in [0.29, 0.717) is 6.04 Å². The molecule has 0 unspecified atom stereocenters. The third-order valence-electron chi connectivity index (χ3n) is 3.15. The Morgan fingerprint density at radius 1 is 1.47 bits per heavy atom. The van der Waals surface area contributed by atoms with Crippen LogP contribution in [0.3, 0.4) is 0 Å². The molecule has 0 aliphatic carbocycles. The molecular weight excluding hydrogens is 188 g/mol. The highest BCUT2D eigenvalue weighted by molar-refractivity contribution is 5.76. The molecule has 86 valence electrons. The van der Waals surface area contributed by atoms with Crippen molar-refractivity contribution in [3.63, 3.8) is 0 Å². The first-order chi connectivity index (χ1) is 7.00. The van der Waals surface area contributed by atoms with Crippen LogP contribution in [0.5, 0.6) is 0 Å². The number of hydrogen-bond donors (Lipinski definition) is 1. The highest BCUT2D eigenvalue weighted by Crippen LogP contribution is 2.21. The van der Waals surface area contributed by atoms with E-state index in [9.17, 15) is 4.79 Å². The standard InChI is InChI=1S/C12H22N2O/c1-9(2)6-7-14-8-11(12(13)15)5-4-10(14)3/h6,10-11H,4-5,7-8H2,1-3H3,(H2,13,15)/t10-,11-/m0/s1. The zero-order valence-electron chi connectivity index (χ0n) is 9.99. The van der Waals surface area contributed by atoms with Crippen LogP contribution in [-0.2, 0) is 4.79 Å². The first-order valence-electron chi connectivity index (χ1n) is 5.67. The maximum absolute atomic E-state index is 11.1. The molecule has 2 atom stereocenters. The Bertz CT molecular complexity index is 256. The second kappa shape index (κ2) is 5.31. The Hall–Kier alpha value is -0.830. The first-order valence-corrected chi connectivity index (χ1v) is 5.67. The van der Waals surface area contributed by atoms with E-state index in [-0.39, 0.29) is 11.8 Å². The maximum atomic E-state index is 11.1. The Morgan fingerprint density at radius 3 is 2.67 bits per heavy atom. The van der Waals surface area contributed by atoms with Gasteiger partial charge in [-0.1, -0.05) is 11.6 Å². The molecule has 1 aliphatic heterocycles. The zero-order chi connectivity index (χ0) is 11.4. The minimum absolute atomic E-state index is 0.0479. The molecule has 3 nitrogen and oxygen atoms in total. The van der Waals surface area contributed by atoms with Gasteiger partial charge in [0.1, 0.15) is 0 Å². The number of carbonyl (C=O) groups excluding carboxylic acids is 1. The lowest BCUT2D eigenvalue weighted by atomic mass is 9.93. The summed E-state index contributed by atoms with van der Waals surface area (Å²) in [6, 6.07) is 0.566. The van der Waals surface area contributed by atoms with Crippen molar-refractivity contribution in [2.24, 2.45) is 11.7 Å². The average Bonchev–Trinajstić information content (AvgIpc) is 2.16. The topological polar surface area (TPSA) is 46.3 Å². The summed E-state index contributed by atoms with van der Waals surface area (Å²) in [5.41, 5.74) is 6.67. The molecule has 1 rings (SSSR count). The van der Waals surface area contributed by atoms with Gasteiger partial charge >= 0.3 is 0 Å². The van der Waals surface area contributed by atoms with Crippen LogP contribution in [0.15, 0.2) is 11.6 Å². The first kappa shape index (κ1) is 12.2. The number of likely N-dealkylation sites (tertiary alicyclic amines) is 1. The molecule has 0 aromatic carbocycles. The molecule has 3 heteroatoms. The highest BCUT2D eigenvalue weighted by Gasteiger charge is 2.27. The van der Waals surface area contributed by atoms with Crippen LogP contribution >= 0.6 is 0 Å². The van der Waals surface area contributed by atoms with E-state index in [2.05, 4.69) is 31.7 Å². The predicted molar refractivity (Wildman–Crippen MR) is 62.4 cm³/mol. The minimum Gasteiger partial charge on any atom is -0.369 e. The summed E-state index contributed by atoms with van der Waals surface area (Å²) in [5, 5.41) is 0. The van der Waals surface area contributed by atoms with E-state index in [4.69, 9.17) is 5.73 Å². The fourth-order valence-electron chi connectivity index (χ4n) is 1.97. The van der Waals surface area contributed by atoms with Crippen LogP contribution in [0, 0.1) is 5.92 Å². The summed E-state index contributed by atoms with van der Waals surface area (Å²) in [6.45, 7) is 8.17. The van der Waals surface area contributed by atoms with Crippen molar-refractivity contribution in [2.75, 3.05) is 13.1 Å². The lowest BCUT2D eigenvalue weighted by Crippen LogP contribution is -2.45. The molecule has 0 aromatic heterocycles. The van der Waals surface area contributed by atoms with E-state index in [1.165, 1.54) is 5.57 Å². The van der Waals surface area contributed by atoms with Gasteiger partial charge in [0.15, 0.2) is 0 Å². The number of allylic oxidation sites excluding steroid dienone is 1. The lowest BCUT2D eigenvalue weighted by molar-refractivity contribution is -0.123. The third kappa shape index (κ3) is 3.67. The van der Waals surface area contributed by atoms with Gasteiger partial charge in [-0.15, -0.1) is 0 Å². The van der Waals surface area contributed by atoms with Crippen molar-refractivity contribution in [3.8, 4) is 0 Å². The Morgan fingerprint density at radius 2 is 2.13 bits per heavy atom. The number of amides is 1. The van der Waals surface area contributed by atoms with Gasteiger partial charge in [-0.05, 0) is 33.6 Å². The highest BCUT2D eigenvalue weighted by atomic mass is 16.1. The van der Waals surface area contributed by atoms with E-state index < -0.39 is 0 Å². The molecule has 0 spiro atoms. The van der Waals surface area contributed by atoms with Crippen LogP contribution in [-0.4, -0.2) is 29.9 Å². The summed E-state index contributed by atoms with van der Waals surface area (Å²) in [6.07, 6.45) is 4.23. The second-order valence-corrected chi connectivity index (χ2v) is 4.76. The van der Waals surface area contributed by atoms with Crippen molar-refractivity contribution < 1.29 is 4.79 Å². The summed E-state index contributed by atoms with van der Waals surface area (Å²) in [7, 11) is 0. The molecule has 2 N–H and O–H groups in total. The van der Waals surface area contributed by atoms with E-state index in [1.54, 1.807) is 0 Å². The van der Waals surface area contributed by atoms with Crippen molar-refractivity contribution in [2.45, 2.75) is 39.7 Å². The number of hydrogen-bond acceptors (Lipinski definition) is 2. The molecule has 0 bridgehead atoms. The van der Waals surface area contributed by atoms with E-state index >= 15 is 0 Å². The number of primary amides is 1. The summed E-state index contributed by atoms with van der Waals surface area (Å²) in [5.74, 6) is -0.101. The second-order valence-electron chi connectivity index (χ2n) is 4.76. The fraction of sp³-hybridized carbons (Fsp3) is 0.750. The molecule has 0 saturated carbocycles. The zero-order valence-corrected chi connectivity index (χ0v) is 9.99. The van der Waals surface area contributed by atoms with Gasteiger partial charge in [0.2, 0.25) is 5.91 Å². The van der Waals surface area contributed by atoms with Crippen LogP contribution in [0.25, 0.3) is 0 Å². The Balaban J connectivity index is 2.53. The van der Waals surface area contributed by atoms with Gasteiger partial charge in [-0.2, -0.15) is 0 Å². The summed E-state index contributed by atoms with van der Waals surface area (Å²) >= 11 is 0. The smallest absolute Gasteiger partial charge is 0.221 e. The SMILES string of the molecule is CC(C)=CCN1C[C@@H](C(N)=O)CC[C@@H]1C. The number of rotatable bonds is 3. The number of nitrogens with zero attached hydrogens (tertiary/aromatic N) is 1. The molecule has 1 aliphatic rings. The van der Waals surface area contributed by atoms with Gasteiger partial charge in [0.05, 0.1) is 5.92 Å². The quantitative estimate of drug-likeness (QED) is 0.718. The maximum Gasteiger partial charge on any atom is 0.221 e. The number of piperidine rings is 1. The third-order valence-corrected chi connectivity index (χ3v) is 3.15. The lowest BCUT2D eigenvalue weighted by Gasteiger charge is -2.36. The molecule has 1 amide bonds. The van der Waals surface area contributed by atoms with Crippen LogP contribution < -0.4 is 5.73 Å². The predicted octanol–water partition coefficient (Wildman–Crippen LogP) is 1.54. The Labute approximate surface area is 92.3 Å². The van der Waals surface area contributed by atoms with Crippen molar-refractivity contribution >= 4 is 5.91 Å². The van der Waals surface area contributed by atoms with Crippen LogP contribution in [0.4, 0.5) is 0 Å². The van der Waals surface area contributed by atoms with E-state index in [1.807, 2.05) is 0 Å². The molecular formula is C12H22N2O. The summed E-state index contributed by atoms with van der Waals surface area (Å²) < 4.78 is 0. The van der Waals surface area contributed by atoms with Gasteiger partial charge in [0, 0.05) is 19.1 Å². The Kier molecular flexibility index (Phi) is 4.33. The molecule has 1 fully saturated rings. The summed E-state index contributed by atoms with van der Waals surface area (Å²) in [4.78, 5) is 13.5. The molecule has 0 radical (unpaired) electrons. The van der Waals surface area contributed by atoms with Gasteiger partial charge in [0.25, 0.3) is 0 Å². The van der Waals surface area contributed by atoms with Gasteiger partial charge < -0.3 is 5.73 Å². The van der Waals surface area contributed by atoms with Crippen molar-refractivity contribution in [1.29, 1.82) is 0 Å². The monoisotopic (exact) mass is 210 g/mol. The molecule has 15 heavy (non-hydrogen) atoms. The van der Waals surface area contributed by atoms with Gasteiger partial charge in [-0.25, -0.2) is 0 Å². The average molecular weight is 210 g/mol. The minimum atomic E-state index is -0.149. The van der Waals surface area contributed by atoms with Crippen molar-refractivity contribution in [3.05, 3.63) is 11.6 Å². The molecule has 0 aromatic rings.